The molecule has 0 aromatic heterocycles. The van der Waals surface area contributed by atoms with Crippen LogP contribution in [0.25, 0.3) is 0 Å². The fourth-order valence-electron chi connectivity index (χ4n) is 2.95. The highest BCUT2D eigenvalue weighted by molar-refractivity contribution is 5.69. The van der Waals surface area contributed by atoms with Gasteiger partial charge in [-0.2, -0.15) is 0 Å². The summed E-state index contributed by atoms with van der Waals surface area (Å²) in [5.41, 5.74) is 0. The summed E-state index contributed by atoms with van der Waals surface area (Å²) in [7, 11) is 0. The number of carbonyl (C=O) groups is 3. The number of hydrogen-bond acceptors (Lipinski definition) is 9. The second-order valence-electron chi connectivity index (χ2n) is 7.73. The summed E-state index contributed by atoms with van der Waals surface area (Å²) in [5, 5.41) is 28.7. The molecule has 0 bridgehead atoms. The third-order valence-corrected chi connectivity index (χ3v) is 4.90. The Labute approximate surface area is 194 Å². The molecular weight excluding hydrogens is 438 g/mol. The maximum atomic E-state index is 12.2. The van der Waals surface area contributed by atoms with Gasteiger partial charge in [0.2, 0.25) is 0 Å². The van der Waals surface area contributed by atoms with Gasteiger partial charge in [0.1, 0.15) is 18.8 Å². The van der Waals surface area contributed by atoms with Gasteiger partial charge in [-0.1, -0.05) is 40.0 Å². The van der Waals surface area contributed by atoms with Crippen LogP contribution in [0.2, 0.25) is 0 Å². The Morgan fingerprint density at radius 1 is 0.758 bits per heavy atom. The van der Waals surface area contributed by atoms with E-state index in [0.29, 0.717) is 19.6 Å². The SMILES string of the molecule is CCCCNC(=O)OC[C@H]1O[C@H](O)[C@H](OC(=O)NCCCC)[C@@H](OC(=O)NCCCC)[C@@H]1O. The highest BCUT2D eigenvalue weighted by Crippen LogP contribution is 2.25. The fraction of sp³-hybridized carbons (Fsp3) is 0.857. The van der Waals surface area contributed by atoms with E-state index in [4.69, 9.17) is 18.9 Å². The molecule has 12 nitrogen and oxygen atoms in total. The highest BCUT2D eigenvalue weighted by Gasteiger charge is 2.49. The minimum atomic E-state index is -1.73. The van der Waals surface area contributed by atoms with E-state index >= 15 is 0 Å². The standard InChI is InChI=1S/C21H39N3O9/c1-4-7-10-22-19(27)30-13-14-15(25)16(32-20(28)23-11-8-5-2)17(18(26)31-14)33-21(29)24-12-9-6-3/h14-18,25-26H,4-13H2,1-3H3,(H,22,27)(H,23,28)(H,24,29)/t14-,15-,16+,17-,18+/m1/s1. The van der Waals surface area contributed by atoms with E-state index < -0.39 is 55.6 Å². The van der Waals surface area contributed by atoms with E-state index in [1.54, 1.807) is 0 Å². The van der Waals surface area contributed by atoms with E-state index in [2.05, 4.69) is 16.0 Å². The monoisotopic (exact) mass is 477 g/mol. The molecule has 0 radical (unpaired) electrons. The van der Waals surface area contributed by atoms with Crippen molar-refractivity contribution >= 4 is 18.3 Å². The maximum Gasteiger partial charge on any atom is 0.407 e. The Morgan fingerprint density at radius 2 is 1.21 bits per heavy atom. The first-order valence-electron chi connectivity index (χ1n) is 11.6. The largest absolute Gasteiger partial charge is 0.447 e. The van der Waals surface area contributed by atoms with Crippen LogP contribution in [0.15, 0.2) is 0 Å². The van der Waals surface area contributed by atoms with Gasteiger partial charge in [0.15, 0.2) is 18.5 Å². The van der Waals surface area contributed by atoms with Crippen LogP contribution in [0.4, 0.5) is 14.4 Å². The molecule has 1 heterocycles. The maximum absolute atomic E-state index is 12.2. The molecule has 12 heteroatoms. The van der Waals surface area contributed by atoms with Crippen molar-refractivity contribution in [2.24, 2.45) is 0 Å². The van der Waals surface area contributed by atoms with Crippen LogP contribution in [0, 0.1) is 0 Å². The Bertz CT molecular complexity index is 593. The van der Waals surface area contributed by atoms with Gasteiger partial charge in [-0.15, -0.1) is 0 Å². The van der Waals surface area contributed by atoms with Gasteiger partial charge < -0.3 is 45.1 Å². The van der Waals surface area contributed by atoms with E-state index in [9.17, 15) is 24.6 Å². The number of ether oxygens (including phenoxy) is 4. The number of unbranched alkanes of at least 4 members (excludes halogenated alkanes) is 3. The van der Waals surface area contributed by atoms with Gasteiger partial charge in [-0.25, -0.2) is 14.4 Å². The number of hydrogen-bond donors (Lipinski definition) is 5. The number of aliphatic hydroxyl groups is 2. The first-order valence-corrected chi connectivity index (χ1v) is 11.6. The van der Waals surface area contributed by atoms with Crippen LogP contribution in [-0.4, -0.2) is 85.4 Å². The van der Waals surface area contributed by atoms with Crippen molar-refractivity contribution < 1.29 is 43.5 Å². The van der Waals surface area contributed by atoms with Crippen LogP contribution in [-0.2, 0) is 18.9 Å². The minimum absolute atomic E-state index is 0.352. The topological polar surface area (TPSA) is 165 Å². The third-order valence-electron chi connectivity index (χ3n) is 4.90. The number of amides is 3. The number of rotatable bonds is 13. The number of alkyl carbamates (subject to hydrolysis) is 3. The molecule has 0 aliphatic carbocycles. The summed E-state index contributed by atoms with van der Waals surface area (Å²) < 4.78 is 20.8. The van der Waals surface area contributed by atoms with E-state index in [-0.39, 0.29) is 0 Å². The lowest BCUT2D eigenvalue weighted by molar-refractivity contribution is -0.284. The molecule has 3 amide bonds. The molecule has 1 fully saturated rings. The van der Waals surface area contributed by atoms with Gasteiger partial charge >= 0.3 is 18.3 Å². The Hall–Kier alpha value is -2.31. The van der Waals surface area contributed by atoms with Crippen LogP contribution in [0.1, 0.15) is 59.3 Å². The predicted molar refractivity (Wildman–Crippen MR) is 118 cm³/mol. The molecule has 1 aliphatic rings. The molecule has 5 atom stereocenters. The first-order chi connectivity index (χ1) is 15.8. The fourth-order valence-corrected chi connectivity index (χ4v) is 2.95. The normalized spacial score (nSPS) is 24.5. The molecule has 192 valence electrons. The Kier molecular flexibility index (Phi) is 14.2. The second kappa shape index (κ2) is 16.3. The van der Waals surface area contributed by atoms with Crippen molar-refractivity contribution in [3.05, 3.63) is 0 Å². The van der Waals surface area contributed by atoms with Crippen molar-refractivity contribution in [1.82, 2.24) is 16.0 Å². The van der Waals surface area contributed by atoms with Crippen LogP contribution < -0.4 is 16.0 Å². The predicted octanol–water partition coefficient (Wildman–Crippen LogP) is 1.38. The molecule has 1 aliphatic heterocycles. The van der Waals surface area contributed by atoms with Gasteiger partial charge in [-0.3, -0.25) is 0 Å². The molecule has 0 spiro atoms. The third kappa shape index (κ3) is 10.9. The Morgan fingerprint density at radius 3 is 1.70 bits per heavy atom. The average Bonchev–Trinajstić information content (AvgIpc) is 2.78. The average molecular weight is 478 g/mol. The molecule has 0 aromatic rings. The lowest BCUT2D eigenvalue weighted by Crippen LogP contribution is -2.62. The van der Waals surface area contributed by atoms with E-state index in [1.807, 2.05) is 20.8 Å². The molecule has 33 heavy (non-hydrogen) atoms. The lowest BCUT2D eigenvalue weighted by Gasteiger charge is -2.41. The van der Waals surface area contributed by atoms with Crippen molar-refractivity contribution in [2.45, 2.75) is 90.0 Å². The second-order valence-corrected chi connectivity index (χ2v) is 7.73. The zero-order valence-corrected chi connectivity index (χ0v) is 19.7. The smallest absolute Gasteiger partial charge is 0.407 e. The summed E-state index contributed by atoms with van der Waals surface area (Å²) >= 11 is 0. The number of nitrogens with one attached hydrogen (secondary N) is 3. The van der Waals surface area contributed by atoms with Crippen molar-refractivity contribution in [2.75, 3.05) is 26.2 Å². The van der Waals surface area contributed by atoms with Crippen molar-refractivity contribution in [3.63, 3.8) is 0 Å². The van der Waals surface area contributed by atoms with E-state index in [0.717, 1.165) is 38.5 Å². The van der Waals surface area contributed by atoms with Crippen LogP contribution >= 0.6 is 0 Å². The van der Waals surface area contributed by atoms with Gasteiger partial charge in [-0.05, 0) is 19.3 Å². The van der Waals surface area contributed by atoms with Crippen molar-refractivity contribution in [3.8, 4) is 0 Å². The number of aliphatic hydroxyl groups excluding tert-OH is 2. The van der Waals surface area contributed by atoms with E-state index in [1.165, 1.54) is 0 Å². The summed E-state index contributed by atoms with van der Waals surface area (Å²) in [6.07, 6.45) is -5.03. The summed E-state index contributed by atoms with van der Waals surface area (Å²) in [4.78, 5) is 36.1. The van der Waals surface area contributed by atoms with Gasteiger partial charge in [0.25, 0.3) is 0 Å². The van der Waals surface area contributed by atoms with Crippen molar-refractivity contribution in [1.29, 1.82) is 0 Å². The Balaban J connectivity index is 2.80. The summed E-state index contributed by atoms with van der Waals surface area (Å²) in [6, 6.07) is 0. The number of carbonyl (C=O) groups excluding carboxylic acids is 3. The molecule has 1 rings (SSSR count). The van der Waals surface area contributed by atoms with Gasteiger partial charge in [0.05, 0.1) is 0 Å². The quantitative estimate of drug-likeness (QED) is 0.195. The molecule has 0 unspecified atom stereocenters. The summed E-state index contributed by atoms with van der Waals surface area (Å²) in [6.45, 7) is 6.60. The minimum Gasteiger partial charge on any atom is -0.447 e. The lowest BCUT2D eigenvalue weighted by atomic mass is 9.99. The van der Waals surface area contributed by atoms with Crippen LogP contribution in [0.5, 0.6) is 0 Å². The molecule has 1 saturated heterocycles. The zero-order chi connectivity index (χ0) is 24.6. The van der Waals surface area contributed by atoms with Crippen LogP contribution in [0.3, 0.4) is 0 Å². The zero-order valence-electron chi connectivity index (χ0n) is 19.7. The molecular formula is C21H39N3O9. The van der Waals surface area contributed by atoms with Gasteiger partial charge in [0, 0.05) is 19.6 Å². The highest BCUT2D eigenvalue weighted by atomic mass is 16.7. The summed E-state index contributed by atoms with van der Waals surface area (Å²) in [5.74, 6) is 0. The molecule has 0 aromatic carbocycles. The first kappa shape index (κ1) is 28.7. The molecule has 0 saturated carbocycles. The molecule has 5 N–H and O–H groups in total.